The highest BCUT2D eigenvalue weighted by molar-refractivity contribution is 7.13. The molecule has 48 heavy (non-hydrogen) atoms. The van der Waals surface area contributed by atoms with Gasteiger partial charge in [0, 0.05) is 59.7 Å². The van der Waals surface area contributed by atoms with Gasteiger partial charge < -0.3 is 19.3 Å². The van der Waals surface area contributed by atoms with Crippen molar-refractivity contribution in [2.24, 2.45) is 0 Å². The van der Waals surface area contributed by atoms with Gasteiger partial charge in [-0.25, -0.2) is 14.4 Å². The summed E-state index contributed by atoms with van der Waals surface area (Å²) in [5, 5.41) is 21.3. The molecule has 11 nitrogen and oxygen atoms in total. The number of nitrogens with zero attached hydrogens (tertiary/aromatic N) is 6. The van der Waals surface area contributed by atoms with E-state index in [1.54, 1.807) is 30.2 Å². The molecule has 2 aromatic carbocycles. The summed E-state index contributed by atoms with van der Waals surface area (Å²) in [7, 11) is 0. The van der Waals surface area contributed by atoms with Gasteiger partial charge >= 0.3 is 5.97 Å². The van der Waals surface area contributed by atoms with Crippen molar-refractivity contribution in [1.82, 2.24) is 24.3 Å². The number of rotatable bonds is 8. The Morgan fingerprint density at radius 1 is 1.10 bits per heavy atom. The van der Waals surface area contributed by atoms with Crippen molar-refractivity contribution in [2.45, 2.75) is 76.7 Å². The predicted octanol–water partition coefficient (Wildman–Crippen LogP) is 5.73. The van der Waals surface area contributed by atoms with Gasteiger partial charge in [0.2, 0.25) is 0 Å². The highest BCUT2D eigenvalue weighted by Crippen LogP contribution is 2.34. The number of amides is 1. The first-order chi connectivity index (χ1) is 23.0. The molecule has 0 spiro atoms. The summed E-state index contributed by atoms with van der Waals surface area (Å²) in [6.45, 7) is 7.43. The van der Waals surface area contributed by atoms with Crippen molar-refractivity contribution in [3.05, 3.63) is 77.7 Å². The van der Waals surface area contributed by atoms with Gasteiger partial charge in [0.05, 0.1) is 24.0 Å². The second kappa shape index (κ2) is 12.4. The van der Waals surface area contributed by atoms with E-state index >= 15 is 4.39 Å². The van der Waals surface area contributed by atoms with Gasteiger partial charge in [0.15, 0.2) is 17.0 Å². The number of imidazole rings is 1. The van der Waals surface area contributed by atoms with Crippen molar-refractivity contribution in [2.75, 3.05) is 23.3 Å². The van der Waals surface area contributed by atoms with E-state index in [0.29, 0.717) is 53.3 Å². The first-order valence-corrected chi connectivity index (χ1v) is 17.1. The number of benzene rings is 2. The summed E-state index contributed by atoms with van der Waals surface area (Å²) in [4.78, 5) is 36.9. The zero-order valence-electron chi connectivity index (χ0n) is 27.1. The maximum absolute atomic E-state index is 16.2. The van der Waals surface area contributed by atoms with Crippen LogP contribution in [0.4, 0.5) is 15.2 Å². The molecular formula is C35H38FN7O4S. The average Bonchev–Trinajstić information content (AvgIpc) is 3.84. The molecule has 0 saturated carbocycles. The summed E-state index contributed by atoms with van der Waals surface area (Å²) in [5.74, 6) is -1.21. The van der Waals surface area contributed by atoms with Crippen LogP contribution in [0.3, 0.4) is 0 Å². The topological polar surface area (TPSA) is 127 Å². The SMILES string of the molecule is CC(C)(C)OC(=O)CC1(O)CCN(c2ccc(-c3ccc4cn(C(C(=O)Nc5nccs5)c5ncn6c5CCC6)nc4c3F)cc2)CC1. The first-order valence-electron chi connectivity index (χ1n) is 16.2. The van der Waals surface area contributed by atoms with Gasteiger partial charge in [-0.3, -0.25) is 19.6 Å². The normalized spacial score (nSPS) is 16.6. The average molecular weight is 672 g/mol. The number of aromatic nitrogens is 5. The van der Waals surface area contributed by atoms with E-state index in [9.17, 15) is 14.7 Å². The lowest BCUT2D eigenvalue weighted by Crippen LogP contribution is -2.46. The molecule has 2 aliphatic rings. The largest absolute Gasteiger partial charge is 0.460 e. The second-order valence-electron chi connectivity index (χ2n) is 13.6. The standard InChI is InChI=1S/C35H38FN7O4S/c1-34(2,3)47-27(44)19-35(46)12-16-41(17-13-35)24-9-6-22(7-10-24)25-11-8-23-20-43(40-29(23)28(25)36)31(32(45)39-33-37-14-18-48-33)30-26-5-4-15-42(26)21-38-30/h6-11,14,18,20-21,31,46H,4-5,12-13,15-17,19H2,1-3H3,(H,37,39,45). The number of halogens is 1. The molecule has 5 heterocycles. The Bertz CT molecular complexity index is 1950. The highest BCUT2D eigenvalue weighted by atomic mass is 32.1. The molecule has 13 heteroatoms. The number of anilines is 2. The summed E-state index contributed by atoms with van der Waals surface area (Å²) >= 11 is 1.32. The minimum Gasteiger partial charge on any atom is -0.460 e. The van der Waals surface area contributed by atoms with Crippen LogP contribution in [-0.4, -0.2) is 65.6 Å². The van der Waals surface area contributed by atoms with Crippen LogP contribution in [0.1, 0.15) is 63.9 Å². The number of aryl methyl sites for hydroxylation is 1. The number of nitrogens with one attached hydrogen (secondary N) is 1. The van der Waals surface area contributed by atoms with E-state index in [4.69, 9.17) is 4.74 Å². The molecule has 1 saturated heterocycles. The zero-order valence-corrected chi connectivity index (χ0v) is 28.0. The van der Waals surface area contributed by atoms with Crippen LogP contribution in [0.2, 0.25) is 0 Å². The van der Waals surface area contributed by atoms with Crippen LogP contribution < -0.4 is 10.2 Å². The van der Waals surface area contributed by atoms with Gasteiger partial charge in [0.1, 0.15) is 11.1 Å². The fourth-order valence-electron chi connectivity index (χ4n) is 6.64. The van der Waals surface area contributed by atoms with E-state index in [1.165, 1.54) is 16.0 Å². The molecule has 7 rings (SSSR count). The molecule has 0 aliphatic carbocycles. The Kier molecular flexibility index (Phi) is 8.28. The quantitative estimate of drug-likeness (QED) is 0.200. The lowest BCUT2D eigenvalue weighted by molar-refractivity contribution is -0.161. The number of ether oxygens (including phenoxy) is 1. The zero-order chi connectivity index (χ0) is 33.6. The van der Waals surface area contributed by atoms with Crippen LogP contribution in [0.5, 0.6) is 0 Å². The molecule has 3 aromatic heterocycles. The Labute approximate surface area is 281 Å². The molecule has 1 atom stereocenters. The number of fused-ring (bicyclic) bond motifs is 2. The van der Waals surface area contributed by atoms with E-state index in [1.807, 2.05) is 51.1 Å². The van der Waals surface area contributed by atoms with Gasteiger partial charge in [0.25, 0.3) is 5.91 Å². The van der Waals surface area contributed by atoms with Crippen LogP contribution >= 0.6 is 11.3 Å². The van der Waals surface area contributed by atoms with Gasteiger partial charge in [-0.1, -0.05) is 24.3 Å². The molecule has 250 valence electrons. The van der Waals surface area contributed by atoms with Crippen LogP contribution in [-0.2, 0) is 27.3 Å². The Morgan fingerprint density at radius 3 is 2.58 bits per heavy atom. The predicted molar refractivity (Wildman–Crippen MR) is 181 cm³/mol. The van der Waals surface area contributed by atoms with Gasteiger partial charge in [-0.2, -0.15) is 5.10 Å². The molecule has 5 aromatic rings. The smallest absolute Gasteiger partial charge is 0.309 e. The molecule has 0 bridgehead atoms. The Balaban J connectivity index is 1.10. The third-order valence-electron chi connectivity index (χ3n) is 8.99. The molecule has 1 unspecified atom stereocenters. The minimum atomic E-state index is -1.10. The number of hydrogen-bond acceptors (Lipinski definition) is 9. The number of carbonyl (C=O) groups excluding carboxylic acids is 2. The summed E-state index contributed by atoms with van der Waals surface area (Å²) in [5.41, 5.74) is 2.10. The van der Waals surface area contributed by atoms with Gasteiger partial charge in [-0.05, 0) is 64.2 Å². The molecule has 1 amide bonds. The van der Waals surface area contributed by atoms with Crippen molar-refractivity contribution >= 4 is 44.9 Å². The van der Waals surface area contributed by atoms with Crippen molar-refractivity contribution < 1.29 is 23.8 Å². The molecule has 0 radical (unpaired) electrons. The third kappa shape index (κ3) is 6.44. The summed E-state index contributed by atoms with van der Waals surface area (Å²) in [6.07, 6.45) is 7.68. The number of esters is 1. The molecular weight excluding hydrogens is 633 g/mol. The van der Waals surface area contributed by atoms with Crippen LogP contribution in [0.25, 0.3) is 22.0 Å². The van der Waals surface area contributed by atoms with E-state index < -0.39 is 29.0 Å². The number of aliphatic hydroxyl groups is 1. The molecule has 2 N–H and O–H groups in total. The number of hydrogen-bond donors (Lipinski definition) is 2. The minimum absolute atomic E-state index is 0.0315. The molecule has 2 aliphatic heterocycles. The monoisotopic (exact) mass is 671 g/mol. The van der Waals surface area contributed by atoms with Crippen molar-refractivity contribution in [1.29, 1.82) is 0 Å². The van der Waals surface area contributed by atoms with E-state index in [-0.39, 0.29) is 17.8 Å². The lowest BCUT2D eigenvalue weighted by Gasteiger charge is -2.39. The van der Waals surface area contributed by atoms with Crippen molar-refractivity contribution in [3.63, 3.8) is 0 Å². The second-order valence-corrected chi connectivity index (χ2v) is 14.5. The summed E-state index contributed by atoms with van der Waals surface area (Å²) < 4.78 is 25.1. The Hall–Kier alpha value is -4.62. The lowest BCUT2D eigenvalue weighted by atomic mass is 9.88. The Morgan fingerprint density at radius 2 is 1.88 bits per heavy atom. The number of piperidine rings is 1. The highest BCUT2D eigenvalue weighted by Gasteiger charge is 2.36. The maximum Gasteiger partial charge on any atom is 0.309 e. The fraction of sp³-hybridized carbons (Fsp3) is 0.400. The number of thiazole rings is 1. The third-order valence-corrected chi connectivity index (χ3v) is 9.68. The van der Waals surface area contributed by atoms with E-state index in [2.05, 4.69) is 29.9 Å². The first kappa shape index (κ1) is 32.0. The number of carbonyl (C=O) groups is 2. The summed E-state index contributed by atoms with van der Waals surface area (Å²) in [6, 6.07) is 10.3. The van der Waals surface area contributed by atoms with Crippen LogP contribution in [0, 0.1) is 5.82 Å². The fourth-order valence-corrected chi connectivity index (χ4v) is 7.18. The van der Waals surface area contributed by atoms with Crippen LogP contribution in [0.15, 0.2) is 60.5 Å². The van der Waals surface area contributed by atoms with E-state index in [0.717, 1.165) is 30.8 Å². The van der Waals surface area contributed by atoms with Crippen molar-refractivity contribution in [3.8, 4) is 11.1 Å². The molecule has 1 fully saturated rings. The van der Waals surface area contributed by atoms with Gasteiger partial charge in [-0.15, -0.1) is 11.3 Å². The maximum atomic E-state index is 16.2.